The quantitative estimate of drug-likeness (QED) is 0.800. The third-order valence-electron chi connectivity index (χ3n) is 2.23. The number of pyridine rings is 1. The Balaban J connectivity index is 2.02. The van der Waals surface area contributed by atoms with E-state index in [-0.39, 0.29) is 0 Å². The van der Waals surface area contributed by atoms with Gasteiger partial charge in [0.2, 0.25) is 0 Å². The molecule has 0 bridgehead atoms. The Morgan fingerprint density at radius 3 is 2.87 bits per heavy atom. The van der Waals surface area contributed by atoms with Crippen LogP contribution in [0.5, 0.6) is 0 Å². The van der Waals surface area contributed by atoms with Crippen LogP contribution in [0.1, 0.15) is 17.2 Å². The maximum absolute atomic E-state index is 4.21. The number of nitrogens with zero attached hydrogens (tertiary/aromatic N) is 2. The molecule has 0 aliphatic carbocycles. The Kier molecular flexibility index (Phi) is 2.67. The van der Waals surface area contributed by atoms with E-state index in [1.165, 1.54) is 0 Å². The predicted octanol–water partition coefficient (Wildman–Crippen LogP) is 2.03. The first-order chi connectivity index (χ1) is 7.25. The fraction of sp³-hybridized carbons (Fsp3) is 0.273. The average molecular weight is 202 g/mol. The molecule has 2 rings (SSSR count). The maximum Gasteiger partial charge on any atom is 0.103 e. The van der Waals surface area contributed by atoms with Crippen LogP contribution in [-0.4, -0.2) is 15.0 Å². The average Bonchev–Trinajstić information content (AvgIpc) is 2.63. The summed E-state index contributed by atoms with van der Waals surface area (Å²) in [4.78, 5) is 11.5. The van der Waals surface area contributed by atoms with Gasteiger partial charge in [-0.3, -0.25) is 4.98 Å². The van der Waals surface area contributed by atoms with Crippen molar-refractivity contribution in [3.63, 3.8) is 0 Å². The lowest BCUT2D eigenvalue weighted by molar-refractivity contribution is 1.04. The smallest absolute Gasteiger partial charge is 0.103 e. The first-order valence-electron chi connectivity index (χ1n) is 4.91. The summed E-state index contributed by atoms with van der Waals surface area (Å²) in [6.45, 7) is 4.67. The molecule has 4 heteroatoms. The number of H-pyrrole nitrogens is 1. The van der Waals surface area contributed by atoms with Gasteiger partial charge in [-0.1, -0.05) is 0 Å². The lowest BCUT2D eigenvalue weighted by Gasteiger charge is -2.06. The zero-order valence-corrected chi connectivity index (χ0v) is 8.91. The zero-order valence-electron chi connectivity index (χ0n) is 8.91. The molecule has 0 amide bonds. The molecule has 0 aromatic carbocycles. The van der Waals surface area contributed by atoms with E-state index in [1.807, 2.05) is 32.2 Å². The predicted molar refractivity (Wildman–Crippen MR) is 59.6 cm³/mol. The summed E-state index contributed by atoms with van der Waals surface area (Å²) in [7, 11) is 0. The largest absolute Gasteiger partial charge is 0.378 e. The number of aromatic nitrogens is 3. The molecule has 0 unspecified atom stereocenters. The summed E-state index contributed by atoms with van der Waals surface area (Å²) in [5.41, 5.74) is 3.15. The van der Waals surface area contributed by atoms with Crippen molar-refractivity contribution >= 4 is 5.69 Å². The Labute approximate surface area is 88.8 Å². The minimum atomic E-state index is 0.743. The van der Waals surface area contributed by atoms with Crippen LogP contribution < -0.4 is 5.32 Å². The molecule has 0 aliphatic heterocycles. The number of nitrogens with one attached hydrogen (secondary N) is 2. The van der Waals surface area contributed by atoms with Crippen LogP contribution in [0.25, 0.3) is 0 Å². The van der Waals surface area contributed by atoms with Crippen molar-refractivity contribution in [2.45, 2.75) is 20.4 Å². The number of rotatable bonds is 3. The highest BCUT2D eigenvalue weighted by atomic mass is 15.0. The van der Waals surface area contributed by atoms with Crippen LogP contribution in [0, 0.1) is 13.8 Å². The molecule has 2 aromatic rings. The van der Waals surface area contributed by atoms with Crippen LogP contribution >= 0.6 is 0 Å². The van der Waals surface area contributed by atoms with Gasteiger partial charge in [-0.05, 0) is 26.0 Å². The normalized spacial score (nSPS) is 10.3. The second kappa shape index (κ2) is 4.13. The van der Waals surface area contributed by atoms with Crippen molar-refractivity contribution in [3.8, 4) is 0 Å². The number of hydrogen-bond donors (Lipinski definition) is 2. The van der Waals surface area contributed by atoms with Crippen molar-refractivity contribution in [3.05, 3.63) is 41.7 Å². The molecular weight excluding hydrogens is 188 g/mol. The summed E-state index contributed by atoms with van der Waals surface area (Å²) < 4.78 is 0. The van der Waals surface area contributed by atoms with E-state index in [2.05, 4.69) is 20.3 Å². The molecule has 0 saturated heterocycles. The van der Waals surface area contributed by atoms with E-state index >= 15 is 0 Å². The molecule has 0 radical (unpaired) electrons. The molecule has 0 saturated carbocycles. The monoisotopic (exact) mass is 202 g/mol. The number of imidazole rings is 1. The third kappa shape index (κ3) is 2.34. The van der Waals surface area contributed by atoms with E-state index in [9.17, 15) is 0 Å². The molecule has 2 heterocycles. The number of aryl methyl sites for hydroxylation is 2. The van der Waals surface area contributed by atoms with Gasteiger partial charge < -0.3 is 10.3 Å². The van der Waals surface area contributed by atoms with Gasteiger partial charge in [0.25, 0.3) is 0 Å². The molecule has 78 valence electrons. The topological polar surface area (TPSA) is 53.6 Å². The van der Waals surface area contributed by atoms with Crippen LogP contribution in [0.2, 0.25) is 0 Å². The minimum absolute atomic E-state index is 0.743. The second-order valence-corrected chi connectivity index (χ2v) is 3.48. The van der Waals surface area contributed by atoms with Crippen molar-refractivity contribution in [1.29, 1.82) is 0 Å². The number of anilines is 1. The standard InChI is InChI=1S/C11H14N4/c1-8-11(4-3-5-12-8)14-7-10-6-13-9(2)15-10/h3-6,14H,7H2,1-2H3,(H,13,15). The van der Waals surface area contributed by atoms with Crippen LogP contribution in [0.4, 0.5) is 5.69 Å². The van der Waals surface area contributed by atoms with E-state index in [0.717, 1.165) is 29.4 Å². The fourth-order valence-electron chi connectivity index (χ4n) is 1.42. The van der Waals surface area contributed by atoms with Crippen LogP contribution in [-0.2, 0) is 6.54 Å². The Bertz CT molecular complexity index is 447. The summed E-state index contributed by atoms with van der Waals surface area (Å²) in [6.07, 6.45) is 3.63. The zero-order chi connectivity index (χ0) is 10.7. The molecule has 15 heavy (non-hydrogen) atoms. The van der Waals surface area contributed by atoms with Gasteiger partial charge in [0.1, 0.15) is 5.82 Å². The summed E-state index contributed by atoms with van der Waals surface area (Å²) in [6, 6.07) is 3.94. The van der Waals surface area contributed by atoms with Crippen LogP contribution in [0.3, 0.4) is 0 Å². The minimum Gasteiger partial charge on any atom is -0.378 e. The highest BCUT2D eigenvalue weighted by Gasteiger charge is 1.99. The van der Waals surface area contributed by atoms with Gasteiger partial charge in [-0.25, -0.2) is 4.98 Å². The molecule has 2 N–H and O–H groups in total. The van der Waals surface area contributed by atoms with Crippen molar-refractivity contribution in [2.24, 2.45) is 0 Å². The molecule has 0 fully saturated rings. The number of aromatic amines is 1. The fourth-order valence-corrected chi connectivity index (χ4v) is 1.42. The Morgan fingerprint density at radius 2 is 2.20 bits per heavy atom. The highest BCUT2D eigenvalue weighted by Crippen LogP contribution is 2.11. The lowest BCUT2D eigenvalue weighted by Crippen LogP contribution is -2.02. The molecule has 0 aliphatic rings. The van der Waals surface area contributed by atoms with Gasteiger partial charge in [0.05, 0.1) is 29.8 Å². The van der Waals surface area contributed by atoms with Crippen molar-refractivity contribution < 1.29 is 0 Å². The van der Waals surface area contributed by atoms with E-state index in [4.69, 9.17) is 0 Å². The molecule has 0 atom stereocenters. The Hall–Kier alpha value is -1.84. The Morgan fingerprint density at radius 1 is 1.33 bits per heavy atom. The van der Waals surface area contributed by atoms with E-state index in [1.54, 1.807) is 6.20 Å². The van der Waals surface area contributed by atoms with Gasteiger partial charge in [-0.15, -0.1) is 0 Å². The molecule has 2 aromatic heterocycles. The summed E-state index contributed by atoms with van der Waals surface area (Å²) in [5, 5.41) is 3.31. The summed E-state index contributed by atoms with van der Waals surface area (Å²) >= 11 is 0. The second-order valence-electron chi connectivity index (χ2n) is 3.48. The molecule has 0 spiro atoms. The van der Waals surface area contributed by atoms with Gasteiger partial charge in [-0.2, -0.15) is 0 Å². The van der Waals surface area contributed by atoms with Crippen molar-refractivity contribution in [2.75, 3.05) is 5.32 Å². The summed E-state index contributed by atoms with van der Waals surface area (Å²) in [5.74, 6) is 0.940. The molecule has 4 nitrogen and oxygen atoms in total. The highest BCUT2D eigenvalue weighted by molar-refractivity contribution is 5.46. The van der Waals surface area contributed by atoms with E-state index in [0.29, 0.717) is 0 Å². The van der Waals surface area contributed by atoms with E-state index < -0.39 is 0 Å². The first-order valence-corrected chi connectivity index (χ1v) is 4.91. The van der Waals surface area contributed by atoms with Gasteiger partial charge >= 0.3 is 0 Å². The maximum atomic E-state index is 4.21. The van der Waals surface area contributed by atoms with Crippen molar-refractivity contribution in [1.82, 2.24) is 15.0 Å². The SMILES string of the molecule is Cc1ncc(CNc2cccnc2C)[nH]1. The molecular formula is C11H14N4. The number of hydrogen-bond acceptors (Lipinski definition) is 3. The van der Waals surface area contributed by atoms with Crippen LogP contribution in [0.15, 0.2) is 24.5 Å². The van der Waals surface area contributed by atoms with Gasteiger partial charge in [0.15, 0.2) is 0 Å². The first kappa shape index (κ1) is 9.71. The van der Waals surface area contributed by atoms with Gasteiger partial charge in [0, 0.05) is 6.20 Å². The third-order valence-corrected chi connectivity index (χ3v) is 2.23. The lowest BCUT2D eigenvalue weighted by atomic mass is 10.3.